The summed E-state index contributed by atoms with van der Waals surface area (Å²) in [5, 5.41) is 0. The van der Waals surface area contributed by atoms with Gasteiger partial charge < -0.3 is 9.47 Å². The highest BCUT2D eigenvalue weighted by Crippen LogP contribution is 2.37. The minimum Gasteiger partial charge on any atom is -0.379 e. The van der Waals surface area contributed by atoms with E-state index in [9.17, 15) is 0 Å². The van der Waals surface area contributed by atoms with Gasteiger partial charge in [0.15, 0.2) is 0 Å². The monoisotopic (exact) mass is 128 g/mol. The van der Waals surface area contributed by atoms with Crippen molar-refractivity contribution >= 4 is 0 Å². The Morgan fingerprint density at radius 1 is 1.44 bits per heavy atom. The van der Waals surface area contributed by atoms with Crippen molar-refractivity contribution in [1.29, 1.82) is 0 Å². The third kappa shape index (κ3) is 0.864. The van der Waals surface area contributed by atoms with E-state index < -0.39 is 0 Å². The van der Waals surface area contributed by atoms with Gasteiger partial charge in [-0.1, -0.05) is 0 Å². The molecule has 2 rings (SSSR count). The van der Waals surface area contributed by atoms with Crippen molar-refractivity contribution in [2.45, 2.75) is 37.6 Å². The molecule has 9 heavy (non-hydrogen) atoms. The molecule has 1 aliphatic carbocycles. The van der Waals surface area contributed by atoms with Crippen LogP contribution in [0, 0.1) is 0 Å². The summed E-state index contributed by atoms with van der Waals surface area (Å²) in [5.41, 5.74) is 0. The Morgan fingerprint density at radius 3 is 3.00 bits per heavy atom. The Bertz CT molecular complexity index is 113. The van der Waals surface area contributed by atoms with Gasteiger partial charge in [0.25, 0.3) is 0 Å². The van der Waals surface area contributed by atoms with Gasteiger partial charge in [0.05, 0.1) is 12.2 Å². The van der Waals surface area contributed by atoms with Crippen LogP contribution in [-0.4, -0.2) is 25.4 Å². The molecule has 0 amide bonds. The smallest absolute Gasteiger partial charge is 0.110 e. The summed E-state index contributed by atoms with van der Waals surface area (Å²) < 4.78 is 10.6. The van der Waals surface area contributed by atoms with Crippen molar-refractivity contribution in [3.05, 3.63) is 0 Å². The molecule has 2 aliphatic rings. The van der Waals surface area contributed by atoms with Crippen LogP contribution in [0.5, 0.6) is 0 Å². The van der Waals surface area contributed by atoms with Crippen molar-refractivity contribution < 1.29 is 9.47 Å². The number of ether oxygens (including phenoxy) is 2. The number of rotatable bonds is 1. The van der Waals surface area contributed by atoms with Gasteiger partial charge >= 0.3 is 0 Å². The molecule has 0 N–H and O–H groups in total. The van der Waals surface area contributed by atoms with Gasteiger partial charge in [-0.3, -0.25) is 0 Å². The maximum absolute atomic E-state index is 5.36. The Morgan fingerprint density at radius 2 is 2.33 bits per heavy atom. The lowest BCUT2D eigenvalue weighted by Gasteiger charge is -2.15. The largest absolute Gasteiger partial charge is 0.379 e. The van der Waals surface area contributed by atoms with Crippen LogP contribution in [0.25, 0.3) is 0 Å². The Hall–Kier alpha value is -0.0800. The molecule has 1 saturated heterocycles. The van der Waals surface area contributed by atoms with Crippen molar-refractivity contribution in [1.82, 2.24) is 0 Å². The lowest BCUT2D eigenvalue weighted by Crippen LogP contribution is -2.23. The number of fused-ring (bicyclic) bond motifs is 1. The summed E-state index contributed by atoms with van der Waals surface area (Å²) in [6, 6.07) is 0. The van der Waals surface area contributed by atoms with Gasteiger partial charge in [-0.05, 0) is 19.3 Å². The van der Waals surface area contributed by atoms with E-state index in [0.29, 0.717) is 18.3 Å². The first-order valence-electron chi connectivity index (χ1n) is 3.60. The minimum atomic E-state index is 0.406. The normalized spacial score (nSPS) is 48.3. The quantitative estimate of drug-likeness (QED) is 0.490. The van der Waals surface area contributed by atoms with Crippen LogP contribution in [0.15, 0.2) is 0 Å². The molecule has 52 valence electrons. The molecular formula is C7H12O2. The average molecular weight is 128 g/mol. The zero-order chi connectivity index (χ0) is 6.27. The number of hydrogen-bond acceptors (Lipinski definition) is 2. The van der Waals surface area contributed by atoms with Crippen LogP contribution in [0.2, 0.25) is 0 Å². The molecule has 2 nitrogen and oxygen atoms in total. The fraction of sp³-hybridized carbons (Fsp3) is 1.00. The molecule has 2 fully saturated rings. The van der Waals surface area contributed by atoms with E-state index >= 15 is 0 Å². The second kappa shape index (κ2) is 1.96. The zero-order valence-electron chi connectivity index (χ0n) is 5.67. The molecule has 0 bridgehead atoms. The van der Waals surface area contributed by atoms with E-state index in [1.165, 1.54) is 19.3 Å². The Kier molecular flexibility index (Phi) is 1.24. The topological polar surface area (TPSA) is 21.8 Å². The average Bonchev–Trinajstić information content (AvgIpc) is 2.64. The zero-order valence-corrected chi connectivity index (χ0v) is 5.67. The lowest BCUT2D eigenvalue weighted by molar-refractivity contribution is 0.0666. The van der Waals surface area contributed by atoms with E-state index in [0.717, 1.165) is 0 Å². The third-order valence-electron chi connectivity index (χ3n) is 2.27. The fourth-order valence-electron chi connectivity index (χ4n) is 1.65. The highest BCUT2D eigenvalue weighted by molar-refractivity contribution is 4.95. The summed E-state index contributed by atoms with van der Waals surface area (Å²) in [7, 11) is 1.77. The molecule has 1 saturated carbocycles. The minimum absolute atomic E-state index is 0.406. The van der Waals surface area contributed by atoms with Gasteiger partial charge in [-0.15, -0.1) is 0 Å². The first kappa shape index (κ1) is 5.69. The Labute approximate surface area is 55.1 Å². The molecular weight excluding hydrogens is 116 g/mol. The molecule has 0 aromatic rings. The fourth-order valence-corrected chi connectivity index (χ4v) is 1.65. The maximum Gasteiger partial charge on any atom is 0.110 e. The molecule has 0 spiro atoms. The summed E-state index contributed by atoms with van der Waals surface area (Å²) >= 11 is 0. The van der Waals surface area contributed by atoms with E-state index in [2.05, 4.69) is 0 Å². The van der Waals surface area contributed by atoms with Crippen LogP contribution < -0.4 is 0 Å². The second-order valence-corrected chi connectivity index (χ2v) is 2.84. The lowest BCUT2D eigenvalue weighted by atomic mass is 9.98. The van der Waals surface area contributed by atoms with Gasteiger partial charge in [0.2, 0.25) is 0 Å². The summed E-state index contributed by atoms with van der Waals surface area (Å²) in [6.07, 6.45) is 5.15. The van der Waals surface area contributed by atoms with Crippen LogP contribution in [-0.2, 0) is 9.47 Å². The molecule has 1 heterocycles. The molecule has 0 radical (unpaired) electrons. The van der Waals surface area contributed by atoms with Crippen LogP contribution in [0.4, 0.5) is 0 Å². The van der Waals surface area contributed by atoms with E-state index in [-0.39, 0.29) is 0 Å². The SMILES string of the molecule is COC1CCCC2OC12. The summed E-state index contributed by atoms with van der Waals surface area (Å²) in [5.74, 6) is 0. The number of epoxide rings is 1. The standard InChI is InChI=1S/C7H12O2/c1-8-5-3-2-4-6-7(5)9-6/h5-7H,2-4H2,1H3. The maximum atomic E-state index is 5.36. The number of methoxy groups -OCH3 is 1. The molecule has 1 aliphatic heterocycles. The van der Waals surface area contributed by atoms with E-state index in [1.807, 2.05) is 0 Å². The molecule has 0 aromatic carbocycles. The van der Waals surface area contributed by atoms with Crippen LogP contribution in [0.3, 0.4) is 0 Å². The first-order chi connectivity index (χ1) is 4.42. The predicted octanol–water partition coefficient (Wildman–Crippen LogP) is 0.953. The van der Waals surface area contributed by atoms with Crippen molar-refractivity contribution in [3.63, 3.8) is 0 Å². The first-order valence-corrected chi connectivity index (χ1v) is 3.60. The van der Waals surface area contributed by atoms with Gasteiger partial charge in [0, 0.05) is 7.11 Å². The second-order valence-electron chi connectivity index (χ2n) is 2.84. The Balaban J connectivity index is 1.93. The highest BCUT2D eigenvalue weighted by Gasteiger charge is 2.47. The molecule has 0 aromatic heterocycles. The summed E-state index contributed by atoms with van der Waals surface area (Å²) in [4.78, 5) is 0. The van der Waals surface area contributed by atoms with E-state index in [1.54, 1.807) is 7.11 Å². The van der Waals surface area contributed by atoms with Crippen LogP contribution >= 0.6 is 0 Å². The number of hydrogen-bond donors (Lipinski definition) is 0. The highest BCUT2D eigenvalue weighted by atomic mass is 16.6. The molecule has 2 heteroatoms. The predicted molar refractivity (Wildman–Crippen MR) is 33.3 cm³/mol. The van der Waals surface area contributed by atoms with Crippen molar-refractivity contribution in [3.8, 4) is 0 Å². The van der Waals surface area contributed by atoms with Gasteiger partial charge in [-0.2, -0.15) is 0 Å². The van der Waals surface area contributed by atoms with Gasteiger partial charge in [0.1, 0.15) is 6.10 Å². The van der Waals surface area contributed by atoms with E-state index in [4.69, 9.17) is 9.47 Å². The third-order valence-corrected chi connectivity index (χ3v) is 2.27. The molecule has 3 atom stereocenters. The molecule has 3 unspecified atom stereocenters. The van der Waals surface area contributed by atoms with Crippen LogP contribution in [0.1, 0.15) is 19.3 Å². The van der Waals surface area contributed by atoms with Crippen molar-refractivity contribution in [2.24, 2.45) is 0 Å². The summed E-state index contributed by atoms with van der Waals surface area (Å²) in [6.45, 7) is 0. The van der Waals surface area contributed by atoms with Crippen molar-refractivity contribution in [2.75, 3.05) is 7.11 Å². The van der Waals surface area contributed by atoms with Gasteiger partial charge in [-0.25, -0.2) is 0 Å².